The Balaban J connectivity index is 1.69. The van der Waals surface area contributed by atoms with Crippen molar-refractivity contribution >= 4 is 0 Å². The van der Waals surface area contributed by atoms with E-state index in [-0.39, 0.29) is 10.8 Å². The second kappa shape index (κ2) is 6.79. The highest BCUT2D eigenvalue weighted by atomic mass is 16.4. The highest BCUT2D eigenvalue weighted by molar-refractivity contribution is 5.35. The zero-order valence-electron chi connectivity index (χ0n) is 19.0. The molecular formula is C25H42O4. The monoisotopic (exact) mass is 406 g/mol. The van der Waals surface area contributed by atoms with Gasteiger partial charge in [-0.2, -0.15) is 0 Å². The molecule has 4 N–H and O–H groups in total. The molecule has 1 spiro atoms. The summed E-state index contributed by atoms with van der Waals surface area (Å²) in [5.74, 6) is 2.57. The molecule has 0 aromatic rings. The van der Waals surface area contributed by atoms with E-state index in [4.69, 9.17) is 0 Å². The Morgan fingerprint density at radius 2 is 1.79 bits per heavy atom. The van der Waals surface area contributed by atoms with Crippen LogP contribution in [-0.2, 0) is 0 Å². The van der Waals surface area contributed by atoms with Crippen LogP contribution in [0.3, 0.4) is 0 Å². The van der Waals surface area contributed by atoms with E-state index in [9.17, 15) is 20.4 Å². The minimum atomic E-state index is -1.68. The largest absolute Gasteiger partial charge is 0.393 e. The third kappa shape index (κ3) is 2.92. The van der Waals surface area contributed by atoms with Crippen LogP contribution in [0.2, 0.25) is 0 Å². The molecule has 10 atom stereocenters. The molecule has 4 aliphatic rings. The molecule has 0 amide bonds. The summed E-state index contributed by atoms with van der Waals surface area (Å²) >= 11 is 0. The van der Waals surface area contributed by atoms with Gasteiger partial charge in [-0.1, -0.05) is 39.3 Å². The van der Waals surface area contributed by atoms with Crippen molar-refractivity contribution in [1.82, 2.24) is 0 Å². The summed E-state index contributed by atoms with van der Waals surface area (Å²) in [4.78, 5) is 0. The van der Waals surface area contributed by atoms with Crippen molar-refractivity contribution < 1.29 is 20.4 Å². The average molecular weight is 407 g/mol. The number of aliphatic hydroxyl groups is 4. The lowest BCUT2D eigenvalue weighted by molar-refractivity contribution is -0.147. The number of fused-ring (bicyclic) bond motifs is 2. The van der Waals surface area contributed by atoms with Crippen molar-refractivity contribution in [1.29, 1.82) is 0 Å². The molecule has 0 aromatic carbocycles. The van der Waals surface area contributed by atoms with Crippen LogP contribution >= 0.6 is 0 Å². The van der Waals surface area contributed by atoms with E-state index in [1.54, 1.807) is 5.57 Å². The van der Waals surface area contributed by atoms with Gasteiger partial charge in [0.25, 0.3) is 0 Å². The first-order valence-corrected chi connectivity index (χ1v) is 11.8. The maximum absolute atomic E-state index is 10.9. The van der Waals surface area contributed by atoms with Gasteiger partial charge < -0.3 is 20.4 Å². The summed E-state index contributed by atoms with van der Waals surface area (Å²) in [5, 5.41) is 41.1. The van der Waals surface area contributed by atoms with Gasteiger partial charge in [0.2, 0.25) is 0 Å². The molecule has 4 aliphatic carbocycles. The highest BCUT2D eigenvalue weighted by Gasteiger charge is 2.67. The lowest BCUT2D eigenvalue weighted by Gasteiger charge is -2.54. The molecule has 0 saturated heterocycles. The summed E-state index contributed by atoms with van der Waals surface area (Å²) in [5.41, 5.74) is 0.483. The first-order chi connectivity index (χ1) is 13.4. The standard InChI is InChI=1S/C25H42O4/c1-15-8-9-25-16(2)6-7-17(25)20-22(3,12-18(15)25)10-11-23(20,4)13-19(27)21(28)24(5,29)14-26/h12,15-17,19-21,26-29H,6-11,13-14H2,1-5H3/t15-,16-,17-,19-,20-,21-,22+,23+,24-,25?/m0/s1. The fourth-order valence-corrected chi connectivity index (χ4v) is 8.65. The summed E-state index contributed by atoms with van der Waals surface area (Å²) in [6.45, 7) is 10.4. The van der Waals surface area contributed by atoms with E-state index < -0.39 is 24.4 Å². The van der Waals surface area contributed by atoms with Crippen LogP contribution in [0.4, 0.5) is 0 Å². The minimum Gasteiger partial charge on any atom is -0.393 e. The minimum absolute atomic E-state index is 0.0731. The predicted molar refractivity (Wildman–Crippen MR) is 114 cm³/mol. The smallest absolute Gasteiger partial charge is 0.113 e. The molecule has 4 nitrogen and oxygen atoms in total. The molecular weight excluding hydrogens is 364 g/mol. The fraction of sp³-hybridized carbons (Fsp3) is 0.920. The molecule has 29 heavy (non-hydrogen) atoms. The van der Waals surface area contributed by atoms with Gasteiger partial charge in [-0.05, 0) is 91.8 Å². The maximum atomic E-state index is 10.9. The SMILES string of the molecule is C[C@H]1CCC23C1=C[C@@]1(C)CC[C@](C)(C[C@H](O)[C@H](O)[C@@](C)(O)CO)[C@H]1[C@@H]2CC[C@@H]3C. The predicted octanol–water partition coefficient (Wildman–Crippen LogP) is 3.67. The van der Waals surface area contributed by atoms with E-state index in [0.29, 0.717) is 29.6 Å². The molecule has 4 rings (SSSR count). The van der Waals surface area contributed by atoms with Gasteiger partial charge in [0.15, 0.2) is 0 Å². The van der Waals surface area contributed by atoms with E-state index in [2.05, 4.69) is 33.8 Å². The Kier molecular flexibility index (Phi) is 5.10. The lowest BCUT2D eigenvalue weighted by atomic mass is 9.50. The van der Waals surface area contributed by atoms with Crippen LogP contribution in [0.25, 0.3) is 0 Å². The van der Waals surface area contributed by atoms with E-state index in [0.717, 1.165) is 18.8 Å². The molecule has 0 bridgehead atoms. The van der Waals surface area contributed by atoms with E-state index in [1.807, 2.05) is 0 Å². The topological polar surface area (TPSA) is 80.9 Å². The Morgan fingerprint density at radius 3 is 2.45 bits per heavy atom. The lowest BCUT2D eigenvalue weighted by Crippen LogP contribution is -2.53. The molecule has 4 heteroatoms. The molecule has 0 radical (unpaired) electrons. The van der Waals surface area contributed by atoms with Gasteiger partial charge in [0.1, 0.15) is 11.7 Å². The van der Waals surface area contributed by atoms with Gasteiger partial charge in [0.05, 0.1) is 12.7 Å². The van der Waals surface area contributed by atoms with Crippen molar-refractivity contribution in [2.45, 2.75) is 97.4 Å². The Morgan fingerprint density at radius 1 is 1.10 bits per heavy atom. The Labute approximate surface area is 176 Å². The quantitative estimate of drug-likeness (QED) is 0.525. The normalized spacial score (nSPS) is 50.3. The van der Waals surface area contributed by atoms with Crippen molar-refractivity contribution in [3.05, 3.63) is 11.6 Å². The molecule has 0 aliphatic heterocycles. The van der Waals surface area contributed by atoms with Gasteiger partial charge in [-0.15, -0.1) is 0 Å². The van der Waals surface area contributed by atoms with Crippen LogP contribution in [0.1, 0.15) is 79.6 Å². The summed E-state index contributed by atoms with van der Waals surface area (Å²) in [6, 6.07) is 0. The van der Waals surface area contributed by atoms with Crippen LogP contribution in [0.5, 0.6) is 0 Å². The van der Waals surface area contributed by atoms with Gasteiger partial charge in [-0.3, -0.25) is 0 Å². The van der Waals surface area contributed by atoms with Crippen LogP contribution in [0.15, 0.2) is 11.6 Å². The molecule has 0 aromatic heterocycles. The Hall–Kier alpha value is -0.420. The molecule has 166 valence electrons. The number of allylic oxidation sites excluding steroid dienone is 2. The maximum Gasteiger partial charge on any atom is 0.113 e. The van der Waals surface area contributed by atoms with Crippen molar-refractivity contribution in [2.24, 2.45) is 39.9 Å². The number of aliphatic hydroxyl groups excluding tert-OH is 3. The zero-order valence-corrected chi connectivity index (χ0v) is 19.0. The molecule has 3 fully saturated rings. The zero-order chi connectivity index (χ0) is 21.4. The molecule has 0 heterocycles. The summed E-state index contributed by atoms with van der Waals surface area (Å²) in [6.07, 6.45) is 8.10. The molecule has 3 saturated carbocycles. The highest BCUT2D eigenvalue weighted by Crippen LogP contribution is 2.74. The third-order valence-corrected chi connectivity index (χ3v) is 10.1. The number of hydrogen-bond donors (Lipinski definition) is 4. The fourth-order valence-electron chi connectivity index (χ4n) is 8.65. The Bertz CT molecular complexity index is 686. The second-order valence-corrected chi connectivity index (χ2v) is 12.0. The van der Waals surface area contributed by atoms with Crippen molar-refractivity contribution in [3.8, 4) is 0 Å². The van der Waals surface area contributed by atoms with Crippen LogP contribution < -0.4 is 0 Å². The summed E-state index contributed by atoms with van der Waals surface area (Å²) in [7, 11) is 0. The summed E-state index contributed by atoms with van der Waals surface area (Å²) < 4.78 is 0. The third-order valence-electron chi connectivity index (χ3n) is 10.1. The number of hydrogen-bond acceptors (Lipinski definition) is 4. The van der Waals surface area contributed by atoms with E-state index in [1.165, 1.54) is 32.6 Å². The van der Waals surface area contributed by atoms with Gasteiger partial charge >= 0.3 is 0 Å². The first-order valence-electron chi connectivity index (χ1n) is 11.8. The van der Waals surface area contributed by atoms with Gasteiger partial charge in [-0.25, -0.2) is 0 Å². The van der Waals surface area contributed by atoms with Crippen LogP contribution in [-0.4, -0.2) is 44.8 Å². The van der Waals surface area contributed by atoms with Crippen molar-refractivity contribution in [2.75, 3.05) is 6.61 Å². The van der Waals surface area contributed by atoms with Crippen molar-refractivity contribution in [3.63, 3.8) is 0 Å². The van der Waals surface area contributed by atoms with Gasteiger partial charge in [0, 0.05) is 0 Å². The van der Waals surface area contributed by atoms with E-state index >= 15 is 0 Å². The molecule has 1 unspecified atom stereocenters. The first kappa shape index (κ1) is 21.8. The average Bonchev–Trinajstić information content (AvgIpc) is 3.25. The second-order valence-electron chi connectivity index (χ2n) is 12.0. The van der Waals surface area contributed by atoms with Crippen LogP contribution in [0, 0.1) is 39.9 Å². The number of rotatable bonds is 5.